The first-order valence-corrected chi connectivity index (χ1v) is 4.93. The number of nitrogens with two attached hydrogens (primary N) is 1. The van der Waals surface area contributed by atoms with Crippen molar-refractivity contribution in [2.24, 2.45) is 5.73 Å². The van der Waals surface area contributed by atoms with Gasteiger partial charge in [-0.15, -0.1) is 0 Å². The zero-order chi connectivity index (χ0) is 9.68. The van der Waals surface area contributed by atoms with Crippen molar-refractivity contribution in [3.8, 4) is 0 Å². The van der Waals surface area contributed by atoms with Crippen LogP contribution >= 0.6 is 0 Å². The first-order valence-electron chi connectivity index (χ1n) is 4.93. The van der Waals surface area contributed by atoms with Crippen molar-refractivity contribution in [3.05, 3.63) is 0 Å². The van der Waals surface area contributed by atoms with E-state index in [1.807, 2.05) is 6.92 Å². The van der Waals surface area contributed by atoms with E-state index in [2.05, 4.69) is 0 Å². The molecule has 1 saturated heterocycles. The molecular formula is C9H18N2O2. The van der Waals surface area contributed by atoms with Gasteiger partial charge in [-0.25, -0.2) is 5.06 Å². The van der Waals surface area contributed by atoms with Gasteiger partial charge in [-0.1, -0.05) is 6.92 Å². The summed E-state index contributed by atoms with van der Waals surface area (Å²) in [5, 5.41) is 1.46. The summed E-state index contributed by atoms with van der Waals surface area (Å²) in [6.07, 6.45) is 3.31. The molecule has 1 rings (SSSR count). The Morgan fingerprint density at radius 1 is 1.62 bits per heavy atom. The van der Waals surface area contributed by atoms with Crippen LogP contribution in [-0.2, 0) is 9.63 Å². The van der Waals surface area contributed by atoms with E-state index in [4.69, 9.17) is 10.6 Å². The van der Waals surface area contributed by atoms with Gasteiger partial charge in [-0.2, -0.15) is 0 Å². The lowest BCUT2D eigenvalue weighted by Gasteiger charge is -2.26. The Morgan fingerprint density at radius 3 is 2.92 bits per heavy atom. The predicted molar refractivity (Wildman–Crippen MR) is 49.8 cm³/mol. The summed E-state index contributed by atoms with van der Waals surface area (Å²) in [4.78, 5) is 16.7. The number of carbonyl (C=O) groups is 1. The minimum Gasteiger partial charge on any atom is -0.327 e. The van der Waals surface area contributed by atoms with Gasteiger partial charge < -0.3 is 5.73 Å². The van der Waals surface area contributed by atoms with E-state index in [9.17, 15) is 4.79 Å². The number of rotatable bonds is 3. The molecule has 4 heteroatoms. The molecule has 0 aromatic heterocycles. The largest absolute Gasteiger partial charge is 0.327 e. The molecule has 4 nitrogen and oxygen atoms in total. The Kier molecular flexibility index (Phi) is 4.18. The number of nitrogens with zero attached hydrogens (tertiary/aromatic N) is 1. The van der Waals surface area contributed by atoms with Crippen molar-refractivity contribution in [1.29, 1.82) is 0 Å². The van der Waals surface area contributed by atoms with Crippen LogP contribution in [0.4, 0.5) is 0 Å². The molecule has 0 aliphatic carbocycles. The van der Waals surface area contributed by atoms with Gasteiger partial charge in [0.1, 0.15) is 0 Å². The summed E-state index contributed by atoms with van der Waals surface area (Å²) in [7, 11) is 0. The Bertz CT molecular complexity index is 167. The van der Waals surface area contributed by atoms with Crippen LogP contribution in [0.5, 0.6) is 0 Å². The second-order valence-electron chi connectivity index (χ2n) is 3.41. The topological polar surface area (TPSA) is 55.6 Å². The standard InChI is InChI=1S/C9H18N2O2/c1-2-8(10)7-9(12)11-5-3-4-6-13-11/h8H,2-7,10H2,1H3. The molecule has 1 heterocycles. The molecule has 0 saturated carbocycles. The Hall–Kier alpha value is -0.610. The molecule has 1 fully saturated rings. The molecule has 1 aliphatic rings. The monoisotopic (exact) mass is 186 g/mol. The van der Waals surface area contributed by atoms with Crippen molar-refractivity contribution in [2.45, 2.75) is 38.6 Å². The molecule has 76 valence electrons. The maximum absolute atomic E-state index is 11.5. The first-order chi connectivity index (χ1) is 6.24. The maximum atomic E-state index is 11.5. The van der Waals surface area contributed by atoms with Crippen molar-refractivity contribution >= 4 is 5.91 Å². The van der Waals surface area contributed by atoms with Crippen molar-refractivity contribution in [2.75, 3.05) is 13.2 Å². The van der Waals surface area contributed by atoms with Gasteiger partial charge in [-0.05, 0) is 19.3 Å². The van der Waals surface area contributed by atoms with Gasteiger partial charge in [0.25, 0.3) is 0 Å². The van der Waals surface area contributed by atoms with Gasteiger partial charge in [0, 0.05) is 19.0 Å². The van der Waals surface area contributed by atoms with Crippen molar-refractivity contribution in [1.82, 2.24) is 5.06 Å². The number of hydrogen-bond acceptors (Lipinski definition) is 3. The molecule has 0 aromatic rings. The van der Waals surface area contributed by atoms with Crippen molar-refractivity contribution < 1.29 is 9.63 Å². The van der Waals surface area contributed by atoms with Gasteiger partial charge in [0.05, 0.1) is 6.61 Å². The highest BCUT2D eigenvalue weighted by Gasteiger charge is 2.19. The number of carbonyl (C=O) groups excluding carboxylic acids is 1. The van der Waals surface area contributed by atoms with Gasteiger partial charge in [-0.3, -0.25) is 9.63 Å². The Labute approximate surface area is 79.0 Å². The van der Waals surface area contributed by atoms with Gasteiger partial charge >= 0.3 is 0 Å². The van der Waals surface area contributed by atoms with Crippen LogP contribution in [0.25, 0.3) is 0 Å². The number of hydroxylamine groups is 2. The summed E-state index contributed by atoms with van der Waals surface area (Å²) in [5.74, 6) is 0.0223. The SMILES string of the molecule is CCC(N)CC(=O)N1CCCCO1. The van der Waals surface area contributed by atoms with E-state index in [0.29, 0.717) is 13.0 Å². The minimum absolute atomic E-state index is 0.0223. The molecule has 1 amide bonds. The molecule has 0 bridgehead atoms. The average molecular weight is 186 g/mol. The van der Waals surface area contributed by atoms with E-state index in [0.717, 1.165) is 25.8 Å². The van der Waals surface area contributed by atoms with Crippen LogP contribution in [0.1, 0.15) is 32.6 Å². The smallest absolute Gasteiger partial charge is 0.247 e. The van der Waals surface area contributed by atoms with Gasteiger partial charge in [0.15, 0.2) is 0 Å². The summed E-state index contributed by atoms with van der Waals surface area (Å²) < 4.78 is 0. The highest BCUT2D eigenvalue weighted by atomic mass is 16.7. The van der Waals surface area contributed by atoms with Crippen LogP contribution in [0.2, 0.25) is 0 Å². The molecule has 13 heavy (non-hydrogen) atoms. The summed E-state index contributed by atoms with van der Waals surface area (Å²) >= 11 is 0. The lowest BCUT2D eigenvalue weighted by molar-refractivity contribution is -0.197. The molecule has 1 atom stereocenters. The molecule has 0 spiro atoms. The fourth-order valence-electron chi connectivity index (χ4n) is 1.26. The fraction of sp³-hybridized carbons (Fsp3) is 0.889. The Balaban J connectivity index is 2.29. The zero-order valence-corrected chi connectivity index (χ0v) is 8.16. The molecule has 1 aliphatic heterocycles. The quantitative estimate of drug-likeness (QED) is 0.704. The van der Waals surface area contributed by atoms with Crippen LogP contribution in [0.15, 0.2) is 0 Å². The fourth-order valence-corrected chi connectivity index (χ4v) is 1.26. The highest BCUT2D eigenvalue weighted by molar-refractivity contribution is 5.75. The highest BCUT2D eigenvalue weighted by Crippen LogP contribution is 2.08. The molecule has 0 aromatic carbocycles. The van der Waals surface area contributed by atoms with Crippen LogP contribution < -0.4 is 5.73 Å². The van der Waals surface area contributed by atoms with Crippen molar-refractivity contribution in [3.63, 3.8) is 0 Å². The summed E-state index contributed by atoms with van der Waals surface area (Å²) in [6, 6.07) is -0.0296. The third kappa shape index (κ3) is 3.32. The molecule has 2 N–H and O–H groups in total. The maximum Gasteiger partial charge on any atom is 0.247 e. The first kappa shape index (κ1) is 10.5. The van der Waals surface area contributed by atoms with E-state index >= 15 is 0 Å². The molecule has 1 unspecified atom stereocenters. The third-order valence-electron chi connectivity index (χ3n) is 2.24. The minimum atomic E-state index is -0.0296. The molecular weight excluding hydrogens is 168 g/mol. The normalized spacial score (nSPS) is 20.0. The number of hydrogen-bond donors (Lipinski definition) is 1. The zero-order valence-electron chi connectivity index (χ0n) is 8.16. The second-order valence-corrected chi connectivity index (χ2v) is 3.41. The third-order valence-corrected chi connectivity index (χ3v) is 2.24. The van der Waals surface area contributed by atoms with E-state index < -0.39 is 0 Å². The summed E-state index contributed by atoms with van der Waals surface area (Å²) in [6.45, 7) is 3.36. The second kappa shape index (κ2) is 5.19. The summed E-state index contributed by atoms with van der Waals surface area (Å²) in [5.41, 5.74) is 5.68. The lowest BCUT2D eigenvalue weighted by atomic mass is 10.1. The average Bonchev–Trinajstić information content (AvgIpc) is 2.19. The van der Waals surface area contributed by atoms with E-state index in [1.54, 1.807) is 0 Å². The Morgan fingerprint density at radius 2 is 2.38 bits per heavy atom. The number of amides is 1. The van der Waals surface area contributed by atoms with E-state index in [-0.39, 0.29) is 11.9 Å². The van der Waals surface area contributed by atoms with E-state index in [1.165, 1.54) is 5.06 Å². The van der Waals surface area contributed by atoms with Crippen LogP contribution in [-0.4, -0.2) is 30.2 Å². The van der Waals surface area contributed by atoms with Gasteiger partial charge in [0.2, 0.25) is 5.91 Å². The lowest BCUT2D eigenvalue weighted by Crippen LogP contribution is -2.38. The van der Waals surface area contributed by atoms with Crippen LogP contribution in [0.3, 0.4) is 0 Å². The molecule has 0 radical (unpaired) electrons. The van der Waals surface area contributed by atoms with Crippen LogP contribution in [0, 0.1) is 0 Å². The predicted octanol–water partition coefficient (Wildman–Crippen LogP) is 0.668.